The van der Waals surface area contributed by atoms with E-state index in [2.05, 4.69) is 15.3 Å². The van der Waals surface area contributed by atoms with Crippen molar-refractivity contribution in [3.05, 3.63) is 46.2 Å². The Hall–Kier alpha value is -1.81. The summed E-state index contributed by atoms with van der Waals surface area (Å²) in [6.45, 7) is 0.666. The summed E-state index contributed by atoms with van der Waals surface area (Å²) in [5, 5.41) is 3.81. The van der Waals surface area contributed by atoms with Crippen LogP contribution in [-0.2, 0) is 19.4 Å². The van der Waals surface area contributed by atoms with Crippen molar-refractivity contribution in [2.24, 2.45) is 0 Å². The molecule has 0 saturated carbocycles. The number of hydrogen-bond acceptors (Lipinski definition) is 4. The third kappa shape index (κ3) is 2.70. The minimum Gasteiger partial charge on any atom is -0.497 e. The Morgan fingerprint density at radius 1 is 1.20 bits per heavy atom. The van der Waals surface area contributed by atoms with Gasteiger partial charge in [0, 0.05) is 12.1 Å². The number of anilines is 1. The molecule has 1 aliphatic carbocycles. The van der Waals surface area contributed by atoms with Crippen molar-refractivity contribution in [3.8, 4) is 5.75 Å². The van der Waals surface area contributed by atoms with E-state index in [1.807, 2.05) is 24.3 Å². The molecule has 1 heterocycles. The second-order valence-corrected chi connectivity index (χ2v) is 5.18. The minimum atomic E-state index is 0.588. The molecule has 0 unspecified atom stereocenters. The third-order valence-corrected chi connectivity index (χ3v) is 3.80. The molecule has 0 spiro atoms. The Balaban J connectivity index is 1.70. The molecule has 0 amide bonds. The summed E-state index contributed by atoms with van der Waals surface area (Å²) < 4.78 is 5.14. The van der Waals surface area contributed by atoms with E-state index in [9.17, 15) is 0 Å². The van der Waals surface area contributed by atoms with Crippen LogP contribution >= 0.6 is 11.6 Å². The maximum Gasteiger partial charge on any atom is 0.224 e. The van der Waals surface area contributed by atoms with Crippen LogP contribution in [0.25, 0.3) is 0 Å². The van der Waals surface area contributed by atoms with Crippen molar-refractivity contribution in [2.45, 2.75) is 25.8 Å². The van der Waals surface area contributed by atoms with Crippen LogP contribution < -0.4 is 10.1 Å². The zero-order valence-corrected chi connectivity index (χ0v) is 12.1. The van der Waals surface area contributed by atoms with Crippen LogP contribution in [0.4, 0.5) is 5.95 Å². The molecule has 0 saturated heterocycles. The van der Waals surface area contributed by atoms with Crippen LogP contribution in [0.3, 0.4) is 0 Å². The van der Waals surface area contributed by atoms with Crippen LogP contribution in [-0.4, -0.2) is 17.1 Å². The highest BCUT2D eigenvalue weighted by Gasteiger charge is 2.17. The number of nitrogens with one attached hydrogen (secondary N) is 1. The number of rotatable bonds is 4. The molecule has 0 aliphatic heterocycles. The Bertz CT molecular complexity index is 613. The van der Waals surface area contributed by atoms with E-state index in [1.165, 1.54) is 0 Å². The summed E-state index contributed by atoms with van der Waals surface area (Å²) in [5.41, 5.74) is 3.34. The molecule has 3 rings (SSSR count). The summed E-state index contributed by atoms with van der Waals surface area (Å²) in [7, 11) is 1.66. The van der Waals surface area contributed by atoms with E-state index in [4.69, 9.17) is 16.3 Å². The standard InChI is InChI=1S/C15H16ClN3O/c1-20-11-7-5-10(6-8-11)9-17-15-18-13-4-2-3-12(13)14(16)19-15/h5-8H,2-4,9H2,1H3,(H,17,18,19). The first-order chi connectivity index (χ1) is 9.76. The van der Waals surface area contributed by atoms with Crippen molar-refractivity contribution in [3.63, 3.8) is 0 Å². The van der Waals surface area contributed by atoms with Gasteiger partial charge in [-0.1, -0.05) is 23.7 Å². The predicted octanol–water partition coefficient (Wildman–Crippen LogP) is 3.24. The van der Waals surface area contributed by atoms with Gasteiger partial charge in [0.1, 0.15) is 10.9 Å². The third-order valence-electron chi connectivity index (χ3n) is 3.49. The number of hydrogen-bond donors (Lipinski definition) is 1. The number of benzene rings is 1. The normalized spacial score (nSPS) is 13.1. The van der Waals surface area contributed by atoms with Crippen LogP contribution in [0.1, 0.15) is 23.2 Å². The van der Waals surface area contributed by atoms with Gasteiger partial charge in [0.15, 0.2) is 0 Å². The highest BCUT2D eigenvalue weighted by molar-refractivity contribution is 6.30. The summed E-state index contributed by atoms with van der Waals surface area (Å²) in [4.78, 5) is 8.84. The molecule has 0 atom stereocenters. The number of halogens is 1. The van der Waals surface area contributed by atoms with Crippen LogP contribution in [0.5, 0.6) is 5.75 Å². The highest BCUT2D eigenvalue weighted by Crippen LogP contribution is 2.27. The van der Waals surface area contributed by atoms with Crippen molar-refractivity contribution < 1.29 is 4.74 Å². The van der Waals surface area contributed by atoms with E-state index >= 15 is 0 Å². The molecule has 0 radical (unpaired) electrons. The van der Waals surface area contributed by atoms with Crippen molar-refractivity contribution in [1.29, 1.82) is 0 Å². The van der Waals surface area contributed by atoms with Gasteiger partial charge in [-0.3, -0.25) is 0 Å². The molecular formula is C15H16ClN3O. The molecule has 0 bridgehead atoms. The van der Waals surface area contributed by atoms with Crippen LogP contribution in [0, 0.1) is 0 Å². The van der Waals surface area contributed by atoms with Gasteiger partial charge in [0.25, 0.3) is 0 Å². The smallest absolute Gasteiger partial charge is 0.224 e. The van der Waals surface area contributed by atoms with Gasteiger partial charge >= 0.3 is 0 Å². The van der Waals surface area contributed by atoms with Gasteiger partial charge in [0.2, 0.25) is 5.95 Å². The molecule has 1 aromatic heterocycles. The second kappa shape index (κ2) is 5.67. The summed E-state index contributed by atoms with van der Waals surface area (Å²) in [6, 6.07) is 7.91. The van der Waals surface area contributed by atoms with Crippen molar-refractivity contribution in [2.75, 3.05) is 12.4 Å². The van der Waals surface area contributed by atoms with E-state index in [1.54, 1.807) is 7.11 Å². The number of fused-ring (bicyclic) bond motifs is 1. The summed E-state index contributed by atoms with van der Waals surface area (Å²) in [6.07, 6.45) is 3.10. The fourth-order valence-corrected chi connectivity index (χ4v) is 2.67. The minimum absolute atomic E-state index is 0.588. The van der Waals surface area contributed by atoms with Gasteiger partial charge in [-0.15, -0.1) is 0 Å². The molecule has 20 heavy (non-hydrogen) atoms. The maximum atomic E-state index is 6.19. The fraction of sp³-hybridized carbons (Fsp3) is 0.333. The molecule has 0 fully saturated rings. The molecule has 104 valence electrons. The molecule has 5 heteroatoms. The van der Waals surface area contributed by atoms with E-state index in [0.29, 0.717) is 17.6 Å². The van der Waals surface area contributed by atoms with Crippen LogP contribution in [0.2, 0.25) is 5.15 Å². The molecule has 2 aromatic rings. The zero-order valence-electron chi connectivity index (χ0n) is 11.3. The first-order valence-electron chi connectivity index (χ1n) is 6.68. The maximum absolute atomic E-state index is 6.19. The number of aromatic nitrogens is 2. The van der Waals surface area contributed by atoms with Gasteiger partial charge in [0.05, 0.1) is 12.8 Å². The average Bonchev–Trinajstić information content (AvgIpc) is 2.94. The molecule has 4 nitrogen and oxygen atoms in total. The highest BCUT2D eigenvalue weighted by atomic mass is 35.5. The lowest BCUT2D eigenvalue weighted by Crippen LogP contribution is -2.06. The molecule has 1 aromatic carbocycles. The quantitative estimate of drug-likeness (QED) is 0.878. The largest absolute Gasteiger partial charge is 0.497 e. The average molecular weight is 290 g/mol. The van der Waals surface area contributed by atoms with Crippen molar-refractivity contribution in [1.82, 2.24) is 9.97 Å². The van der Waals surface area contributed by atoms with Crippen LogP contribution in [0.15, 0.2) is 24.3 Å². The lowest BCUT2D eigenvalue weighted by Gasteiger charge is -2.08. The zero-order chi connectivity index (χ0) is 13.9. The van der Waals surface area contributed by atoms with E-state index in [-0.39, 0.29) is 0 Å². The van der Waals surface area contributed by atoms with Gasteiger partial charge in [-0.25, -0.2) is 9.97 Å². The van der Waals surface area contributed by atoms with E-state index < -0.39 is 0 Å². The fourth-order valence-electron chi connectivity index (χ4n) is 2.39. The topological polar surface area (TPSA) is 47.0 Å². The Morgan fingerprint density at radius 3 is 2.75 bits per heavy atom. The Kier molecular flexibility index (Phi) is 3.74. The molecule has 1 aliphatic rings. The summed E-state index contributed by atoms with van der Waals surface area (Å²) in [5.74, 6) is 1.46. The van der Waals surface area contributed by atoms with E-state index in [0.717, 1.165) is 41.8 Å². The first-order valence-corrected chi connectivity index (χ1v) is 7.06. The van der Waals surface area contributed by atoms with Crippen molar-refractivity contribution >= 4 is 17.5 Å². The SMILES string of the molecule is COc1ccc(CNc2nc(Cl)c3c(n2)CCC3)cc1. The summed E-state index contributed by atoms with van der Waals surface area (Å²) >= 11 is 6.19. The predicted molar refractivity (Wildman–Crippen MR) is 79.4 cm³/mol. The Morgan fingerprint density at radius 2 is 2.00 bits per heavy atom. The number of aryl methyl sites for hydroxylation is 1. The number of methoxy groups -OCH3 is 1. The Labute approximate surface area is 123 Å². The van der Waals surface area contributed by atoms with Gasteiger partial charge in [-0.05, 0) is 37.0 Å². The lowest BCUT2D eigenvalue weighted by atomic mass is 10.2. The number of ether oxygens (including phenoxy) is 1. The van der Waals surface area contributed by atoms with Gasteiger partial charge in [-0.2, -0.15) is 0 Å². The van der Waals surface area contributed by atoms with Gasteiger partial charge < -0.3 is 10.1 Å². The molecule has 1 N–H and O–H groups in total. The first kappa shape index (κ1) is 13.2. The second-order valence-electron chi connectivity index (χ2n) is 4.82. The number of nitrogens with zero attached hydrogens (tertiary/aromatic N) is 2. The molecular weight excluding hydrogens is 274 g/mol. The monoisotopic (exact) mass is 289 g/mol. The lowest BCUT2D eigenvalue weighted by molar-refractivity contribution is 0.414.